The number of nitrogens with one attached hydrogen (secondary N) is 1. The molecule has 0 aliphatic carbocycles. The number of ether oxygens (including phenoxy) is 2. The predicted molar refractivity (Wildman–Crippen MR) is 122 cm³/mol. The van der Waals surface area contributed by atoms with Gasteiger partial charge in [-0.3, -0.25) is 14.5 Å². The van der Waals surface area contributed by atoms with Crippen LogP contribution < -0.4 is 10.1 Å². The van der Waals surface area contributed by atoms with Crippen LogP contribution >= 0.6 is 0 Å². The molecule has 1 heterocycles. The number of carbonyl (C=O) groups excluding carboxylic acids is 2. The number of aryl methyl sites for hydroxylation is 2. The molecule has 0 saturated carbocycles. The highest BCUT2D eigenvalue weighted by atomic mass is 16.5. The second-order valence-electron chi connectivity index (χ2n) is 7.46. The summed E-state index contributed by atoms with van der Waals surface area (Å²) in [6.45, 7) is 9.80. The van der Waals surface area contributed by atoms with Crippen molar-refractivity contribution in [3.05, 3.63) is 64.9 Å². The zero-order chi connectivity index (χ0) is 22.4. The monoisotopic (exact) mass is 422 g/mol. The molecule has 0 aromatic heterocycles. The number of nitrogens with zero attached hydrogens (tertiary/aromatic N) is 1. The topological polar surface area (TPSA) is 67.9 Å². The fourth-order valence-electron chi connectivity index (χ4n) is 3.52. The molecule has 164 valence electrons. The number of anilines is 1. The van der Waals surface area contributed by atoms with Gasteiger partial charge in [0.1, 0.15) is 11.4 Å². The zero-order valence-corrected chi connectivity index (χ0v) is 18.7. The van der Waals surface area contributed by atoms with E-state index in [0.29, 0.717) is 49.6 Å². The highest BCUT2D eigenvalue weighted by molar-refractivity contribution is 6.36. The predicted octanol–water partition coefficient (Wildman–Crippen LogP) is 4.32. The first-order valence-corrected chi connectivity index (χ1v) is 10.7. The standard InChI is InChI=1S/C25H30N2O4/c1-5-30-15-7-14-27-24(28)22(19-10-12-20(13-11-19)31-6-2)23(25(27)29)26-21-16-17(3)8-9-18(21)4/h8-13,16,26H,5-7,14-15H2,1-4H3. The van der Waals surface area contributed by atoms with Gasteiger partial charge in [-0.2, -0.15) is 0 Å². The lowest BCUT2D eigenvalue weighted by molar-refractivity contribution is -0.137. The summed E-state index contributed by atoms with van der Waals surface area (Å²) >= 11 is 0. The van der Waals surface area contributed by atoms with Gasteiger partial charge in [0.25, 0.3) is 11.8 Å². The molecule has 1 aliphatic rings. The molecule has 6 heteroatoms. The highest BCUT2D eigenvalue weighted by Crippen LogP contribution is 2.32. The van der Waals surface area contributed by atoms with Crippen molar-refractivity contribution in [2.75, 3.05) is 31.7 Å². The van der Waals surface area contributed by atoms with Gasteiger partial charge in [0, 0.05) is 25.4 Å². The summed E-state index contributed by atoms with van der Waals surface area (Å²) < 4.78 is 10.9. The van der Waals surface area contributed by atoms with Crippen molar-refractivity contribution in [2.45, 2.75) is 34.1 Å². The minimum Gasteiger partial charge on any atom is -0.494 e. The van der Waals surface area contributed by atoms with Crippen LogP contribution in [-0.4, -0.2) is 43.1 Å². The second-order valence-corrected chi connectivity index (χ2v) is 7.46. The van der Waals surface area contributed by atoms with Crippen molar-refractivity contribution in [1.82, 2.24) is 4.90 Å². The van der Waals surface area contributed by atoms with Gasteiger partial charge in [0.2, 0.25) is 0 Å². The molecule has 0 bridgehead atoms. The summed E-state index contributed by atoms with van der Waals surface area (Å²) in [5.74, 6) is 0.117. The lowest BCUT2D eigenvalue weighted by Crippen LogP contribution is -2.34. The van der Waals surface area contributed by atoms with Crippen molar-refractivity contribution < 1.29 is 19.1 Å². The van der Waals surface area contributed by atoms with E-state index in [0.717, 1.165) is 22.6 Å². The number of benzene rings is 2. The van der Waals surface area contributed by atoms with Crippen LogP contribution in [0.1, 0.15) is 37.0 Å². The van der Waals surface area contributed by atoms with Crippen LogP contribution in [0.4, 0.5) is 5.69 Å². The maximum absolute atomic E-state index is 13.3. The molecule has 6 nitrogen and oxygen atoms in total. The van der Waals surface area contributed by atoms with Crippen molar-refractivity contribution in [3.63, 3.8) is 0 Å². The Balaban J connectivity index is 1.96. The first-order chi connectivity index (χ1) is 15.0. The van der Waals surface area contributed by atoms with Gasteiger partial charge >= 0.3 is 0 Å². The van der Waals surface area contributed by atoms with E-state index < -0.39 is 0 Å². The molecule has 0 radical (unpaired) electrons. The molecule has 1 N–H and O–H groups in total. The number of hydrogen-bond donors (Lipinski definition) is 1. The molecular formula is C25H30N2O4. The molecule has 2 aromatic carbocycles. The van der Waals surface area contributed by atoms with E-state index in [2.05, 4.69) is 5.32 Å². The Hall–Kier alpha value is -3.12. The van der Waals surface area contributed by atoms with E-state index in [4.69, 9.17) is 9.47 Å². The molecule has 0 atom stereocenters. The Kier molecular flexibility index (Phi) is 7.47. The zero-order valence-electron chi connectivity index (χ0n) is 18.7. The molecule has 2 amide bonds. The van der Waals surface area contributed by atoms with Crippen LogP contribution in [0.25, 0.3) is 5.57 Å². The van der Waals surface area contributed by atoms with Crippen LogP contribution in [0.15, 0.2) is 48.2 Å². The summed E-state index contributed by atoms with van der Waals surface area (Å²) in [5.41, 5.74) is 4.25. The van der Waals surface area contributed by atoms with E-state index in [-0.39, 0.29) is 11.8 Å². The van der Waals surface area contributed by atoms with Crippen LogP contribution in [0, 0.1) is 13.8 Å². The van der Waals surface area contributed by atoms with Crippen molar-refractivity contribution in [2.24, 2.45) is 0 Å². The smallest absolute Gasteiger partial charge is 0.278 e. The van der Waals surface area contributed by atoms with E-state index in [1.165, 1.54) is 4.90 Å². The van der Waals surface area contributed by atoms with E-state index in [9.17, 15) is 9.59 Å². The van der Waals surface area contributed by atoms with E-state index >= 15 is 0 Å². The Morgan fingerprint density at radius 1 is 0.935 bits per heavy atom. The number of rotatable bonds is 10. The fraction of sp³-hybridized carbons (Fsp3) is 0.360. The van der Waals surface area contributed by atoms with Crippen molar-refractivity contribution >= 4 is 23.1 Å². The molecule has 3 rings (SSSR count). The van der Waals surface area contributed by atoms with Crippen LogP contribution in [0.5, 0.6) is 5.75 Å². The lowest BCUT2D eigenvalue weighted by atomic mass is 10.0. The Morgan fingerprint density at radius 3 is 2.35 bits per heavy atom. The maximum atomic E-state index is 13.3. The van der Waals surface area contributed by atoms with Gasteiger partial charge in [-0.05, 0) is 69.0 Å². The molecule has 0 saturated heterocycles. The average molecular weight is 423 g/mol. The third-order valence-corrected chi connectivity index (χ3v) is 5.15. The van der Waals surface area contributed by atoms with Crippen LogP contribution in [0.3, 0.4) is 0 Å². The second kappa shape index (κ2) is 10.3. The minimum absolute atomic E-state index is 0.293. The quantitative estimate of drug-likeness (QED) is 0.456. The molecule has 2 aromatic rings. The summed E-state index contributed by atoms with van der Waals surface area (Å²) in [7, 11) is 0. The highest BCUT2D eigenvalue weighted by Gasteiger charge is 2.39. The van der Waals surface area contributed by atoms with Gasteiger partial charge < -0.3 is 14.8 Å². The minimum atomic E-state index is -0.314. The van der Waals surface area contributed by atoms with Crippen LogP contribution in [-0.2, 0) is 14.3 Å². The number of imide groups is 1. The third kappa shape index (κ3) is 5.14. The lowest BCUT2D eigenvalue weighted by Gasteiger charge is -2.15. The number of hydrogen-bond acceptors (Lipinski definition) is 5. The molecule has 1 aliphatic heterocycles. The van der Waals surface area contributed by atoms with Gasteiger partial charge in [-0.15, -0.1) is 0 Å². The summed E-state index contributed by atoms with van der Waals surface area (Å²) in [6.07, 6.45) is 0.596. The van der Waals surface area contributed by atoms with Gasteiger partial charge in [0.15, 0.2) is 0 Å². The van der Waals surface area contributed by atoms with Crippen molar-refractivity contribution in [1.29, 1.82) is 0 Å². The Morgan fingerprint density at radius 2 is 1.68 bits per heavy atom. The van der Waals surface area contributed by atoms with E-state index in [1.54, 1.807) is 0 Å². The van der Waals surface area contributed by atoms with Crippen molar-refractivity contribution in [3.8, 4) is 5.75 Å². The SMILES string of the molecule is CCOCCCN1C(=O)C(Nc2cc(C)ccc2C)=C(c2ccc(OCC)cc2)C1=O. The number of amides is 2. The molecule has 31 heavy (non-hydrogen) atoms. The summed E-state index contributed by atoms with van der Waals surface area (Å²) in [6, 6.07) is 13.3. The summed E-state index contributed by atoms with van der Waals surface area (Å²) in [4.78, 5) is 27.8. The largest absolute Gasteiger partial charge is 0.494 e. The third-order valence-electron chi connectivity index (χ3n) is 5.15. The Bertz CT molecular complexity index is 980. The molecular weight excluding hydrogens is 392 g/mol. The average Bonchev–Trinajstić information content (AvgIpc) is 2.98. The first-order valence-electron chi connectivity index (χ1n) is 10.7. The first kappa shape index (κ1) is 22.6. The van der Waals surface area contributed by atoms with Gasteiger partial charge in [-0.25, -0.2) is 0 Å². The van der Waals surface area contributed by atoms with Gasteiger partial charge in [0.05, 0.1) is 12.2 Å². The van der Waals surface area contributed by atoms with Crippen LogP contribution in [0.2, 0.25) is 0 Å². The van der Waals surface area contributed by atoms with Gasteiger partial charge in [-0.1, -0.05) is 24.3 Å². The maximum Gasteiger partial charge on any atom is 0.278 e. The Labute approximate surface area is 183 Å². The summed E-state index contributed by atoms with van der Waals surface area (Å²) in [5, 5.41) is 3.26. The molecule has 0 unspecified atom stereocenters. The fourth-order valence-corrected chi connectivity index (χ4v) is 3.52. The molecule has 0 spiro atoms. The van der Waals surface area contributed by atoms with E-state index in [1.807, 2.05) is 70.2 Å². The molecule has 0 fully saturated rings. The normalized spacial score (nSPS) is 13.9. The number of carbonyl (C=O) groups is 2.